The van der Waals surface area contributed by atoms with Gasteiger partial charge in [-0.2, -0.15) is 10.2 Å². The first kappa shape index (κ1) is 11.8. The summed E-state index contributed by atoms with van der Waals surface area (Å²) in [6.07, 6.45) is 0. The van der Waals surface area contributed by atoms with Crippen molar-refractivity contribution in [1.29, 1.82) is 0 Å². The molecule has 0 saturated heterocycles. The molecular weight excluding hydrogens is 170 g/mol. The van der Waals surface area contributed by atoms with Crippen LogP contribution < -0.4 is 16.6 Å². The SMILES string of the molecule is CC(C)/N=N/C(C)(C)NC(=O)NN. The van der Waals surface area contributed by atoms with Gasteiger partial charge < -0.3 is 5.32 Å². The second kappa shape index (κ2) is 4.76. The molecule has 0 spiro atoms. The molecule has 0 aromatic rings. The molecule has 0 aromatic heterocycles. The van der Waals surface area contributed by atoms with E-state index in [4.69, 9.17) is 5.84 Å². The van der Waals surface area contributed by atoms with Crippen LogP contribution in [0, 0.1) is 0 Å². The van der Waals surface area contributed by atoms with E-state index in [-0.39, 0.29) is 6.04 Å². The molecule has 76 valence electrons. The molecule has 0 unspecified atom stereocenters. The Morgan fingerprint density at radius 1 is 1.46 bits per heavy atom. The average Bonchev–Trinajstić information content (AvgIpc) is 2.00. The van der Waals surface area contributed by atoms with Gasteiger partial charge in [0.2, 0.25) is 0 Å². The van der Waals surface area contributed by atoms with E-state index in [2.05, 4.69) is 15.5 Å². The molecule has 0 radical (unpaired) electrons. The summed E-state index contributed by atoms with van der Waals surface area (Å²) in [5.74, 6) is 4.90. The molecule has 6 nitrogen and oxygen atoms in total. The third-order valence-corrected chi connectivity index (χ3v) is 1.09. The molecule has 2 amide bonds. The van der Waals surface area contributed by atoms with Crippen molar-refractivity contribution in [3.8, 4) is 0 Å². The fraction of sp³-hybridized carbons (Fsp3) is 0.857. The maximum Gasteiger partial charge on any atom is 0.330 e. The highest BCUT2D eigenvalue weighted by Crippen LogP contribution is 2.05. The predicted octanol–water partition coefficient (Wildman–Crippen LogP) is 0.756. The maximum absolute atomic E-state index is 10.8. The Morgan fingerprint density at radius 2 is 2.00 bits per heavy atom. The van der Waals surface area contributed by atoms with Crippen molar-refractivity contribution in [2.24, 2.45) is 16.1 Å². The summed E-state index contributed by atoms with van der Waals surface area (Å²) in [5.41, 5.74) is 1.23. The summed E-state index contributed by atoms with van der Waals surface area (Å²) in [5, 5.41) is 10.4. The Balaban J connectivity index is 4.15. The van der Waals surface area contributed by atoms with Gasteiger partial charge in [0, 0.05) is 0 Å². The fourth-order valence-electron chi connectivity index (χ4n) is 0.599. The molecule has 0 heterocycles. The number of hydrogen-bond acceptors (Lipinski definition) is 4. The lowest BCUT2D eigenvalue weighted by Crippen LogP contribution is -2.49. The molecule has 0 rings (SSSR count). The first-order chi connectivity index (χ1) is 5.87. The van der Waals surface area contributed by atoms with Gasteiger partial charge in [0.1, 0.15) is 5.66 Å². The highest BCUT2D eigenvalue weighted by molar-refractivity contribution is 5.73. The minimum atomic E-state index is -0.728. The number of hydrogen-bond donors (Lipinski definition) is 3. The molecule has 13 heavy (non-hydrogen) atoms. The third-order valence-electron chi connectivity index (χ3n) is 1.09. The van der Waals surface area contributed by atoms with Crippen LogP contribution in [0.4, 0.5) is 4.79 Å². The lowest BCUT2D eigenvalue weighted by Gasteiger charge is -2.19. The van der Waals surface area contributed by atoms with Crippen molar-refractivity contribution in [2.45, 2.75) is 39.4 Å². The van der Waals surface area contributed by atoms with E-state index in [0.29, 0.717) is 0 Å². The Bertz CT molecular complexity index is 199. The normalized spacial score (nSPS) is 12.2. The van der Waals surface area contributed by atoms with Crippen LogP contribution >= 0.6 is 0 Å². The smallest absolute Gasteiger partial charge is 0.311 e. The summed E-state index contributed by atoms with van der Waals surface area (Å²) in [4.78, 5) is 10.8. The van der Waals surface area contributed by atoms with Gasteiger partial charge in [0.15, 0.2) is 0 Å². The summed E-state index contributed by atoms with van der Waals surface area (Å²) in [6, 6.07) is -0.366. The molecule has 0 aliphatic carbocycles. The van der Waals surface area contributed by atoms with Gasteiger partial charge in [-0.3, -0.25) is 5.43 Å². The number of nitrogens with one attached hydrogen (secondary N) is 2. The number of carbonyl (C=O) groups excluding carboxylic acids is 1. The van der Waals surface area contributed by atoms with Crippen molar-refractivity contribution in [3.05, 3.63) is 0 Å². The van der Waals surface area contributed by atoms with Crippen molar-refractivity contribution in [3.63, 3.8) is 0 Å². The summed E-state index contributed by atoms with van der Waals surface area (Å²) in [7, 11) is 0. The molecule has 0 aliphatic rings. The van der Waals surface area contributed by atoms with Gasteiger partial charge in [-0.05, 0) is 27.7 Å². The number of rotatable bonds is 3. The van der Waals surface area contributed by atoms with Gasteiger partial charge in [-0.15, -0.1) is 0 Å². The number of nitrogens with two attached hydrogens (primary N) is 1. The zero-order chi connectivity index (χ0) is 10.5. The van der Waals surface area contributed by atoms with Crippen molar-refractivity contribution in [2.75, 3.05) is 0 Å². The Kier molecular flexibility index (Phi) is 4.33. The van der Waals surface area contributed by atoms with Crippen molar-refractivity contribution in [1.82, 2.24) is 10.7 Å². The van der Waals surface area contributed by atoms with Crippen LogP contribution in [0.25, 0.3) is 0 Å². The first-order valence-electron chi connectivity index (χ1n) is 4.08. The largest absolute Gasteiger partial charge is 0.330 e. The van der Waals surface area contributed by atoms with Crippen LogP contribution in [-0.2, 0) is 0 Å². The number of nitrogens with zero attached hydrogens (tertiary/aromatic N) is 2. The lowest BCUT2D eigenvalue weighted by atomic mass is 10.3. The Morgan fingerprint density at radius 3 is 2.38 bits per heavy atom. The maximum atomic E-state index is 10.8. The van der Waals surface area contributed by atoms with Crippen LogP contribution in [0.3, 0.4) is 0 Å². The summed E-state index contributed by atoms with van der Waals surface area (Å²) in [6.45, 7) is 7.27. The van der Waals surface area contributed by atoms with Crippen LogP contribution in [0.2, 0.25) is 0 Å². The standard InChI is InChI=1S/C7H17N5O/c1-5(2)11-12-7(3,4)9-6(13)10-8/h5H,8H2,1-4H3,(H2,9,10,13)/b12-11+. The van der Waals surface area contributed by atoms with Gasteiger partial charge in [-0.1, -0.05) is 0 Å². The Labute approximate surface area is 77.9 Å². The van der Waals surface area contributed by atoms with Crippen LogP contribution in [0.1, 0.15) is 27.7 Å². The molecule has 0 bridgehead atoms. The number of urea groups is 1. The van der Waals surface area contributed by atoms with Gasteiger partial charge in [0.05, 0.1) is 6.04 Å². The molecular formula is C7H17N5O. The van der Waals surface area contributed by atoms with Crippen molar-refractivity contribution >= 4 is 6.03 Å². The van der Waals surface area contributed by atoms with E-state index >= 15 is 0 Å². The third kappa shape index (κ3) is 6.03. The van der Waals surface area contributed by atoms with E-state index in [1.54, 1.807) is 13.8 Å². The molecule has 0 aliphatic heterocycles. The van der Waals surface area contributed by atoms with E-state index in [0.717, 1.165) is 0 Å². The molecule has 6 heteroatoms. The predicted molar refractivity (Wildman–Crippen MR) is 49.9 cm³/mol. The zero-order valence-corrected chi connectivity index (χ0v) is 8.46. The molecule has 0 atom stereocenters. The average molecular weight is 187 g/mol. The first-order valence-corrected chi connectivity index (χ1v) is 4.08. The fourth-order valence-corrected chi connectivity index (χ4v) is 0.599. The Hall–Kier alpha value is -1.17. The number of amides is 2. The van der Waals surface area contributed by atoms with Crippen LogP contribution in [0.15, 0.2) is 10.2 Å². The molecule has 0 saturated carbocycles. The van der Waals surface area contributed by atoms with E-state index in [1.165, 1.54) is 0 Å². The highest BCUT2D eigenvalue weighted by atomic mass is 16.2. The van der Waals surface area contributed by atoms with Crippen molar-refractivity contribution < 1.29 is 4.79 Å². The number of hydrazine groups is 1. The second-order valence-electron chi connectivity index (χ2n) is 3.47. The van der Waals surface area contributed by atoms with Gasteiger partial charge >= 0.3 is 6.03 Å². The monoisotopic (exact) mass is 187 g/mol. The van der Waals surface area contributed by atoms with E-state index in [9.17, 15) is 4.79 Å². The van der Waals surface area contributed by atoms with Crippen LogP contribution in [-0.4, -0.2) is 17.7 Å². The quantitative estimate of drug-likeness (QED) is 0.263. The van der Waals surface area contributed by atoms with Crippen LogP contribution in [0.5, 0.6) is 0 Å². The molecule has 4 N–H and O–H groups in total. The van der Waals surface area contributed by atoms with Gasteiger partial charge in [0.25, 0.3) is 0 Å². The number of azo groups is 1. The summed E-state index contributed by atoms with van der Waals surface area (Å²) < 4.78 is 0. The van der Waals surface area contributed by atoms with E-state index < -0.39 is 11.7 Å². The minimum Gasteiger partial charge on any atom is -0.311 e. The lowest BCUT2D eigenvalue weighted by molar-refractivity contribution is 0.229. The summed E-state index contributed by atoms with van der Waals surface area (Å²) >= 11 is 0. The van der Waals surface area contributed by atoms with Gasteiger partial charge in [-0.25, -0.2) is 10.6 Å². The van der Waals surface area contributed by atoms with E-state index in [1.807, 2.05) is 19.3 Å². The number of carbonyl (C=O) groups is 1. The second-order valence-corrected chi connectivity index (χ2v) is 3.47. The zero-order valence-electron chi connectivity index (χ0n) is 8.46. The topological polar surface area (TPSA) is 91.9 Å². The minimum absolute atomic E-state index is 0.113. The molecule has 0 aromatic carbocycles. The molecule has 0 fully saturated rings. The highest BCUT2D eigenvalue weighted by Gasteiger charge is 2.18.